The smallest absolute Gasteiger partial charge is 0.277 e. The number of nitrogens with zero attached hydrogens (tertiary/aromatic N) is 4. The van der Waals surface area contributed by atoms with Crippen molar-refractivity contribution >= 4 is 11.6 Å². The van der Waals surface area contributed by atoms with Gasteiger partial charge in [-0.25, -0.2) is 4.98 Å². The molecule has 0 aliphatic heterocycles. The van der Waals surface area contributed by atoms with Gasteiger partial charge in [0.2, 0.25) is 0 Å². The van der Waals surface area contributed by atoms with Crippen LogP contribution in [0.2, 0.25) is 0 Å². The van der Waals surface area contributed by atoms with Gasteiger partial charge in [-0.05, 0) is 12.1 Å². The van der Waals surface area contributed by atoms with Crippen molar-refractivity contribution < 1.29 is 9.32 Å². The van der Waals surface area contributed by atoms with Crippen LogP contribution in [0.3, 0.4) is 0 Å². The van der Waals surface area contributed by atoms with Crippen molar-refractivity contribution in [1.29, 1.82) is 0 Å². The maximum Gasteiger partial charge on any atom is 0.277 e. The number of aryl methyl sites for hydroxylation is 1. The summed E-state index contributed by atoms with van der Waals surface area (Å²) in [6, 6.07) is 8.78. The molecule has 3 rings (SSSR count). The van der Waals surface area contributed by atoms with Crippen LogP contribution in [0.5, 0.6) is 0 Å². The maximum atomic E-state index is 11.9. The molecule has 0 fully saturated rings. The number of rotatable bonds is 3. The lowest BCUT2D eigenvalue weighted by molar-refractivity contribution is 0.101. The topological polar surface area (TPSA) is 85.8 Å². The first kappa shape index (κ1) is 12.1. The number of anilines is 1. The summed E-state index contributed by atoms with van der Waals surface area (Å²) in [6.45, 7) is 0. The van der Waals surface area contributed by atoms with Gasteiger partial charge in [0.25, 0.3) is 5.91 Å². The summed E-state index contributed by atoms with van der Waals surface area (Å²) in [6.07, 6.45) is 2.97. The van der Waals surface area contributed by atoms with E-state index in [9.17, 15) is 4.79 Å². The lowest BCUT2D eigenvalue weighted by Crippen LogP contribution is -2.12. The average Bonchev–Trinajstić information content (AvgIpc) is 3.10. The van der Waals surface area contributed by atoms with Gasteiger partial charge >= 0.3 is 0 Å². The van der Waals surface area contributed by atoms with E-state index in [4.69, 9.17) is 0 Å². The summed E-state index contributed by atoms with van der Waals surface area (Å²) in [5.41, 5.74) is 1.69. The van der Waals surface area contributed by atoms with Crippen LogP contribution in [0.15, 0.2) is 47.4 Å². The molecule has 3 aromatic rings. The molecule has 1 aromatic carbocycles. The van der Waals surface area contributed by atoms with Crippen molar-refractivity contribution in [3.05, 3.63) is 48.6 Å². The van der Waals surface area contributed by atoms with Crippen LogP contribution in [0.25, 0.3) is 11.4 Å². The molecular weight excluding hydrogens is 258 g/mol. The Morgan fingerprint density at radius 1 is 1.35 bits per heavy atom. The predicted octanol–water partition coefficient (Wildman–Crippen LogP) is 1.72. The van der Waals surface area contributed by atoms with Gasteiger partial charge in [-0.15, -0.1) is 0 Å². The molecular formula is C13H11N5O2. The zero-order chi connectivity index (χ0) is 13.9. The van der Waals surface area contributed by atoms with Crippen molar-refractivity contribution in [2.24, 2.45) is 7.05 Å². The third-order valence-electron chi connectivity index (χ3n) is 2.65. The molecule has 2 aromatic heterocycles. The molecule has 0 atom stereocenters. The minimum atomic E-state index is -0.329. The molecule has 0 radical (unpaired) electrons. The van der Waals surface area contributed by atoms with Crippen LogP contribution in [0.4, 0.5) is 5.69 Å². The molecule has 20 heavy (non-hydrogen) atoms. The van der Waals surface area contributed by atoms with Gasteiger partial charge in [0.1, 0.15) is 12.6 Å². The van der Waals surface area contributed by atoms with Gasteiger partial charge in [0.05, 0.1) is 0 Å². The second-order valence-electron chi connectivity index (χ2n) is 4.16. The molecule has 0 saturated carbocycles. The van der Waals surface area contributed by atoms with Crippen LogP contribution in [-0.4, -0.2) is 25.8 Å². The van der Waals surface area contributed by atoms with E-state index in [1.165, 1.54) is 12.3 Å². The molecule has 0 spiro atoms. The van der Waals surface area contributed by atoms with Gasteiger partial charge in [-0.1, -0.05) is 17.3 Å². The largest absolute Gasteiger partial charge is 0.364 e. The van der Waals surface area contributed by atoms with Gasteiger partial charge in [0.15, 0.2) is 11.5 Å². The molecule has 1 N–H and O–H groups in total. The summed E-state index contributed by atoms with van der Waals surface area (Å²) in [4.78, 5) is 16.0. The second kappa shape index (κ2) is 4.96. The summed E-state index contributed by atoms with van der Waals surface area (Å²) >= 11 is 0. The first-order valence-corrected chi connectivity index (χ1v) is 5.90. The van der Waals surface area contributed by atoms with E-state index in [1.54, 1.807) is 30.2 Å². The van der Waals surface area contributed by atoms with Crippen molar-refractivity contribution in [3.8, 4) is 11.4 Å². The third kappa shape index (κ3) is 2.41. The lowest BCUT2D eigenvalue weighted by Gasteiger charge is -2.04. The quantitative estimate of drug-likeness (QED) is 0.782. The van der Waals surface area contributed by atoms with E-state index in [0.717, 1.165) is 5.56 Å². The SMILES string of the molecule is Cn1cnc(-c2cccc(NC(=O)c3ccon3)c2)n1. The Balaban J connectivity index is 1.83. The minimum absolute atomic E-state index is 0.228. The summed E-state index contributed by atoms with van der Waals surface area (Å²) in [5.74, 6) is 0.273. The fourth-order valence-corrected chi connectivity index (χ4v) is 1.73. The summed E-state index contributed by atoms with van der Waals surface area (Å²) < 4.78 is 6.26. The number of amides is 1. The molecule has 0 unspecified atom stereocenters. The molecule has 0 bridgehead atoms. The monoisotopic (exact) mass is 269 g/mol. The summed E-state index contributed by atoms with van der Waals surface area (Å²) in [5, 5.41) is 10.5. The van der Waals surface area contributed by atoms with E-state index in [2.05, 4.69) is 25.1 Å². The van der Waals surface area contributed by atoms with Gasteiger partial charge in [-0.3, -0.25) is 9.48 Å². The normalized spacial score (nSPS) is 10.4. The van der Waals surface area contributed by atoms with E-state index >= 15 is 0 Å². The Bertz CT molecular complexity index is 733. The van der Waals surface area contributed by atoms with Crippen LogP contribution >= 0.6 is 0 Å². The number of carbonyl (C=O) groups excluding carboxylic acids is 1. The van der Waals surface area contributed by atoms with Crippen molar-refractivity contribution in [3.63, 3.8) is 0 Å². The first-order valence-electron chi connectivity index (χ1n) is 5.90. The minimum Gasteiger partial charge on any atom is -0.364 e. The summed E-state index contributed by atoms with van der Waals surface area (Å²) in [7, 11) is 1.80. The lowest BCUT2D eigenvalue weighted by atomic mass is 10.2. The van der Waals surface area contributed by atoms with Crippen molar-refractivity contribution in [2.45, 2.75) is 0 Å². The van der Waals surface area contributed by atoms with E-state index in [-0.39, 0.29) is 11.6 Å². The van der Waals surface area contributed by atoms with Gasteiger partial charge in [-0.2, -0.15) is 5.10 Å². The molecule has 1 amide bonds. The van der Waals surface area contributed by atoms with Crippen LogP contribution < -0.4 is 5.32 Å². The zero-order valence-electron chi connectivity index (χ0n) is 10.6. The second-order valence-corrected chi connectivity index (χ2v) is 4.16. The highest BCUT2D eigenvalue weighted by Gasteiger charge is 2.10. The van der Waals surface area contributed by atoms with Gasteiger partial charge in [0, 0.05) is 24.4 Å². The maximum absolute atomic E-state index is 11.9. The van der Waals surface area contributed by atoms with Crippen molar-refractivity contribution in [2.75, 3.05) is 5.32 Å². The molecule has 0 aliphatic carbocycles. The number of carbonyl (C=O) groups is 1. The fraction of sp³-hybridized carbons (Fsp3) is 0.0769. The van der Waals surface area contributed by atoms with Crippen LogP contribution in [0.1, 0.15) is 10.5 Å². The Morgan fingerprint density at radius 2 is 2.25 bits per heavy atom. The predicted molar refractivity (Wildman–Crippen MR) is 70.9 cm³/mol. The number of aromatic nitrogens is 4. The van der Waals surface area contributed by atoms with Crippen LogP contribution in [0, 0.1) is 0 Å². The highest BCUT2D eigenvalue weighted by molar-refractivity contribution is 6.02. The molecule has 100 valence electrons. The Labute approximate surface area is 114 Å². The Morgan fingerprint density at radius 3 is 2.95 bits per heavy atom. The Kier molecular flexibility index (Phi) is 3.00. The van der Waals surface area contributed by atoms with E-state index < -0.39 is 0 Å². The van der Waals surface area contributed by atoms with E-state index in [0.29, 0.717) is 11.5 Å². The zero-order valence-corrected chi connectivity index (χ0v) is 10.6. The number of benzene rings is 1. The molecule has 0 aliphatic rings. The highest BCUT2D eigenvalue weighted by Crippen LogP contribution is 2.19. The third-order valence-corrected chi connectivity index (χ3v) is 2.65. The first-order chi connectivity index (χ1) is 9.72. The van der Waals surface area contributed by atoms with E-state index in [1.807, 2.05) is 12.1 Å². The molecule has 2 heterocycles. The average molecular weight is 269 g/mol. The molecule has 7 heteroatoms. The number of nitrogens with one attached hydrogen (secondary N) is 1. The Hall–Kier alpha value is -2.96. The van der Waals surface area contributed by atoms with Crippen LogP contribution in [-0.2, 0) is 7.05 Å². The fourth-order valence-electron chi connectivity index (χ4n) is 1.73. The van der Waals surface area contributed by atoms with Crippen molar-refractivity contribution in [1.82, 2.24) is 19.9 Å². The number of hydrogen-bond donors (Lipinski definition) is 1. The highest BCUT2D eigenvalue weighted by atomic mass is 16.5. The van der Waals surface area contributed by atoms with Gasteiger partial charge < -0.3 is 9.84 Å². The molecule has 0 saturated heterocycles. The molecule has 7 nitrogen and oxygen atoms in total. The standard InChI is InChI=1S/C13H11N5O2/c1-18-8-14-12(16-18)9-3-2-4-10(7-9)15-13(19)11-5-6-20-17-11/h2-8H,1H3,(H,15,19). The number of hydrogen-bond acceptors (Lipinski definition) is 5.